The van der Waals surface area contributed by atoms with Crippen molar-refractivity contribution in [1.82, 2.24) is 0 Å². The molecule has 0 heterocycles. The molecule has 1 aromatic carbocycles. The van der Waals surface area contributed by atoms with Gasteiger partial charge in [-0.05, 0) is 6.08 Å². The predicted molar refractivity (Wildman–Crippen MR) is 52.1 cm³/mol. The largest absolute Gasteiger partial charge is 0.497 e. The minimum absolute atomic E-state index is 0.0302. The molecule has 3 nitrogen and oxygen atoms in total. The monoisotopic (exact) mass is 220 g/mol. The molecule has 0 radical (unpaired) electrons. The number of halogens is 2. The van der Waals surface area contributed by atoms with Crippen molar-refractivity contribution < 1.29 is 13.5 Å². The van der Waals surface area contributed by atoms with Gasteiger partial charge >= 0.3 is 0 Å². The van der Waals surface area contributed by atoms with E-state index in [2.05, 4.69) is 4.74 Å². The number of methoxy groups -OCH3 is 1. The van der Waals surface area contributed by atoms with Gasteiger partial charge < -0.3 is 4.74 Å². The third-order valence-corrected chi connectivity index (χ3v) is 1.82. The summed E-state index contributed by atoms with van der Waals surface area (Å²) in [4.78, 5) is 0. The molecule has 0 aliphatic heterocycles. The van der Waals surface area contributed by atoms with Crippen molar-refractivity contribution in [1.29, 1.82) is 10.5 Å². The van der Waals surface area contributed by atoms with Crippen LogP contribution in [0.1, 0.15) is 5.56 Å². The molecule has 0 atom stereocenters. The van der Waals surface area contributed by atoms with Gasteiger partial charge in [-0.15, -0.1) is 0 Å². The highest BCUT2D eigenvalue weighted by molar-refractivity contribution is 5.63. The Morgan fingerprint density at radius 1 is 1.25 bits per heavy atom. The molecule has 0 amide bonds. The Morgan fingerprint density at radius 3 is 2.12 bits per heavy atom. The number of allylic oxidation sites excluding steroid dienone is 1. The Hall–Kier alpha value is -2.40. The first kappa shape index (κ1) is 11.7. The molecule has 0 aliphatic carbocycles. The lowest BCUT2D eigenvalue weighted by Crippen LogP contribution is -1.93. The zero-order valence-corrected chi connectivity index (χ0v) is 8.29. The summed E-state index contributed by atoms with van der Waals surface area (Å²) in [6.45, 7) is 0. The van der Waals surface area contributed by atoms with Crippen molar-refractivity contribution in [2.75, 3.05) is 7.11 Å². The lowest BCUT2D eigenvalue weighted by atomic mass is 10.1. The second-order valence-corrected chi connectivity index (χ2v) is 2.79. The van der Waals surface area contributed by atoms with E-state index in [-0.39, 0.29) is 11.3 Å². The summed E-state index contributed by atoms with van der Waals surface area (Å²) in [6, 6.07) is 4.98. The smallest absolute Gasteiger partial charge is 0.137 e. The summed E-state index contributed by atoms with van der Waals surface area (Å²) in [5.74, 6) is -1.75. The van der Waals surface area contributed by atoms with Crippen LogP contribution in [0.3, 0.4) is 0 Å². The van der Waals surface area contributed by atoms with Crippen LogP contribution in [0.4, 0.5) is 8.78 Å². The van der Waals surface area contributed by atoms with E-state index in [1.165, 1.54) is 19.2 Å². The molecular formula is C11H6F2N2O. The van der Waals surface area contributed by atoms with Gasteiger partial charge in [0.05, 0.1) is 7.11 Å². The molecule has 0 aromatic heterocycles. The molecule has 0 unspecified atom stereocenters. The second kappa shape index (κ2) is 4.90. The van der Waals surface area contributed by atoms with Crippen LogP contribution in [-0.4, -0.2) is 7.11 Å². The SMILES string of the molecule is COc1cc(F)c(C=C(C#N)C#N)c(F)c1. The van der Waals surface area contributed by atoms with Gasteiger partial charge in [-0.25, -0.2) is 8.78 Å². The molecule has 0 aliphatic rings. The van der Waals surface area contributed by atoms with E-state index < -0.39 is 17.2 Å². The molecule has 0 spiro atoms. The Kier molecular flexibility index (Phi) is 3.58. The van der Waals surface area contributed by atoms with Gasteiger partial charge in [0.2, 0.25) is 0 Å². The number of hydrogen-bond donors (Lipinski definition) is 0. The van der Waals surface area contributed by atoms with Gasteiger partial charge in [0, 0.05) is 17.7 Å². The molecule has 0 bridgehead atoms. The van der Waals surface area contributed by atoms with Crippen molar-refractivity contribution in [3.8, 4) is 17.9 Å². The van der Waals surface area contributed by atoms with Crippen LogP contribution < -0.4 is 4.74 Å². The first-order valence-electron chi connectivity index (χ1n) is 4.17. The lowest BCUT2D eigenvalue weighted by molar-refractivity contribution is 0.406. The van der Waals surface area contributed by atoms with Crippen LogP contribution in [0.15, 0.2) is 17.7 Å². The Bertz CT molecular complexity index is 485. The number of ether oxygens (including phenoxy) is 1. The average Bonchev–Trinajstić information content (AvgIpc) is 2.28. The molecule has 0 fully saturated rings. The zero-order chi connectivity index (χ0) is 12.1. The maximum absolute atomic E-state index is 13.3. The number of nitrogens with zero attached hydrogens (tertiary/aromatic N) is 2. The maximum Gasteiger partial charge on any atom is 0.137 e. The van der Waals surface area contributed by atoms with Gasteiger partial charge in [0.25, 0.3) is 0 Å². The minimum Gasteiger partial charge on any atom is -0.497 e. The molecule has 0 N–H and O–H groups in total. The zero-order valence-electron chi connectivity index (χ0n) is 8.29. The van der Waals surface area contributed by atoms with Crippen LogP contribution in [0, 0.1) is 34.3 Å². The molecule has 0 saturated carbocycles. The average molecular weight is 220 g/mol. The van der Waals surface area contributed by atoms with Crippen molar-refractivity contribution in [2.24, 2.45) is 0 Å². The Labute approximate surface area is 90.8 Å². The molecule has 0 saturated heterocycles. The fraction of sp³-hybridized carbons (Fsp3) is 0.0909. The fourth-order valence-corrected chi connectivity index (χ4v) is 1.05. The van der Waals surface area contributed by atoms with Gasteiger partial charge in [0.15, 0.2) is 0 Å². The third kappa shape index (κ3) is 2.34. The summed E-state index contributed by atoms with van der Waals surface area (Å²) >= 11 is 0. The first-order valence-corrected chi connectivity index (χ1v) is 4.17. The van der Waals surface area contributed by atoms with E-state index >= 15 is 0 Å². The van der Waals surface area contributed by atoms with Gasteiger partial charge in [0.1, 0.15) is 35.1 Å². The third-order valence-electron chi connectivity index (χ3n) is 1.82. The molecule has 5 heteroatoms. The predicted octanol–water partition coefficient (Wildman–Crippen LogP) is 2.40. The topological polar surface area (TPSA) is 56.8 Å². The molecular weight excluding hydrogens is 214 g/mol. The highest BCUT2D eigenvalue weighted by atomic mass is 19.1. The highest BCUT2D eigenvalue weighted by Gasteiger charge is 2.10. The minimum atomic E-state index is -0.889. The summed E-state index contributed by atoms with van der Waals surface area (Å²) in [7, 11) is 1.28. The van der Waals surface area contributed by atoms with Crippen LogP contribution >= 0.6 is 0 Å². The lowest BCUT2D eigenvalue weighted by Gasteiger charge is -2.03. The summed E-state index contributed by atoms with van der Waals surface area (Å²) < 4.78 is 31.4. The van der Waals surface area contributed by atoms with E-state index in [4.69, 9.17) is 10.5 Å². The summed E-state index contributed by atoms with van der Waals surface area (Å²) in [5.41, 5.74) is -0.804. The van der Waals surface area contributed by atoms with Gasteiger partial charge in [-0.1, -0.05) is 0 Å². The second-order valence-electron chi connectivity index (χ2n) is 2.79. The quantitative estimate of drug-likeness (QED) is 0.719. The number of nitriles is 2. The van der Waals surface area contributed by atoms with Crippen molar-refractivity contribution in [2.45, 2.75) is 0 Å². The van der Waals surface area contributed by atoms with Crippen LogP contribution in [0.2, 0.25) is 0 Å². The first-order chi connectivity index (χ1) is 7.62. The fourth-order valence-electron chi connectivity index (χ4n) is 1.05. The van der Waals surface area contributed by atoms with E-state index in [0.29, 0.717) is 0 Å². The van der Waals surface area contributed by atoms with Crippen molar-refractivity contribution in [3.63, 3.8) is 0 Å². The highest BCUT2D eigenvalue weighted by Crippen LogP contribution is 2.22. The molecule has 80 valence electrons. The van der Waals surface area contributed by atoms with Crippen LogP contribution in [0.25, 0.3) is 6.08 Å². The molecule has 1 rings (SSSR count). The van der Waals surface area contributed by atoms with Gasteiger partial charge in [-0.3, -0.25) is 0 Å². The van der Waals surface area contributed by atoms with E-state index in [1.54, 1.807) is 0 Å². The standard InChI is InChI=1S/C11H6F2N2O/c1-16-8-3-10(12)9(11(13)4-8)2-7(5-14)6-15/h2-4H,1H3. The maximum atomic E-state index is 13.3. The number of benzene rings is 1. The Balaban J connectivity index is 3.33. The van der Waals surface area contributed by atoms with Gasteiger partial charge in [-0.2, -0.15) is 10.5 Å². The Morgan fingerprint density at radius 2 is 1.75 bits per heavy atom. The summed E-state index contributed by atoms with van der Waals surface area (Å²) in [6.07, 6.45) is 0.851. The normalized spacial score (nSPS) is 8.81. The number of rotatable bonds is 2. The van der Waals surface area contributed by atoms with E-state index in [0.717, 1.165) is 18.2 Å². The van der Waals surface area contributed by atoms with Crippen molar-refractivity contribution >= 4 is 6.08 Å². The molecule has 1 aromatic rings. The van der Waals surface area contributed by atoms with E-state index in [9.17, 15) is 8.78 Å². The van der Waals surface area contributed by atoms with E-state index in [1.807, 2.05) is 0 Å². The molecule has 16 heavy (non-hydrogen) atoms. The number of hydrogen-bond acceptors (Lipinski definition) is 3. The summed E-state index contributed by atoms with van der Waals surface area (Å²) in [5, 5.41) is 16.9. The van der Waals surface area contributed by atoms with Crippen LogP contribution in [0.5, 0.6) is 5.75 Å². The van der Waals surface area contributed by atoms with Crippen LogP contribution in [-0.2, 0) is 0 Å². The van der Waals surface area contributed by atoms with Crippen molar-refractivity contribution in [3.05, 3.63) is 34.9 Å².